The van der Waals surface area contributed by atoms with Gasteiger partial charge in [0, 0.05) is 0 Å². The Balaban J connectivity index is 2.76. The second-order valence-corrected chi connectivity index (χ2v) is 6.20. The molecule has 3 nitrogen and oxygen atoms in total. The van der Waals surface area contributed by atoms with Gasteiger partial charge < -0.3 is 0 Å². The van der Waals surface area contributed by atoms with E-state index in [4.69, 9.17) is 0 Å². The van der Waals surface area contributed by atoms with E-state index >= 15 is 0 Å². The Bertz CT molecular complexity index is 386. The molecule has 3 N–H and O–H groups in total. The SMILES string of the molecule is C=C[C@@H](O)[C@H](O)[C@@H](O)C(F)(F)[Se]c1ccccc1. The molecule has 18 heavy (non-hydrogen) atoms. The van der Waals surface area contributed by atoms with Crippen molar-refractivity contribution in [1.82, 2.24) is 0 Å². The van der Waals surface area contributed by atoms with Gasteiger partial charge in [-0.1, -0.05) is 0 Å². The maximum absolute atomic E-state index is 13.7. The quantitative estimate of drug-likeness (QED) is 0.505. The summed E-state index contributed by atoms with van der Waals surface area (Å²) < 4.78 is 27.8. The first-order chi connectivity index (χ1) is 8.38. The zero-order valence-corrected chi connectivity index (χ0v) is 11.1. The van der Waals surface area contributed by atoms with Crippen molar-refractivity contribution in [1.29, 1.82) is 0 Å². The van der Waals surface area contributed by atoms with Crippen molar-refractivity contribution >= 4 is 19.4 Å². The van der Waals surface area contributed by atoms with Crippen molar-refractivity contribution in [2.24, 2.45) is 0 Å². The topological polar surface area (TPSA) is 60.7 Å². The predicted molar refractivity (Wildman–Crippen MR) is 65.0 cm³/mol. The van der Waals surface area contributed by atoms with E-state index in [9.17, 15) is 24.1 Å². The van der Waals surface area contributed by atoms with E-state index in [-0.39, 0.29) is 0 Å². The standard InChI is InChI=1S/C12H14F2O3Se/c1-2-9(15)10(16)11(17)12(13,14)18-8-6-4-3-5-7-8/h2-7,9-11,15-17H,1H2/t9-,10+,11-/m1/s1. The van der Waals surface area contributed by atoms with Crippen LogP contribution in [0.25, 0.3) is 0 Å². The Morgan fingerprint density at radius 1 is 1.17 bits per heavy atom. The van der Waals surface area contributed by atoms with Crippen LogP contribution in [0.5, 0.6) is 0 Å². The average molecular weight is 323 g/mol. The Hall–Kier alpha value is -0.781. The van der Waals surface area contributed by atoms with Gasteiger partial charge in [0.1, 0.15) is 0 Å². The molecule has 1 aromatic carbocycles. The fourth-order valence-corrected chi connectivity index (χ4v) is 3.05. The third kappa shape index (κ3) is 3.86. The summed E-state index contributed by atoms with van der Waals surface area (Å²) in [5.41, 5.74) is 0. The fourth-order valence-electron chi connectivity index (χ4n) is 1.23. The van der Waals surface area contributed by atoms with Crippen molar-refractivity contribution < 1.29 is 24.1 Å². The molecule has 0 amide bonds. The van der Waals surface area contributed by atoms with Gasteiger partial charge >= 0.3 is 110 Å². The first-order valence-corrected chi connectivity index (χ1v) is 6.88. The first kappa shape index (κ1) is 15.3. The molecule has 1 aromatic rings. The second kappa shape index (κ2) is 6.40. The van der Waals surface area contributed by atoms with Gasteiger partial charge in [0.15, 0.2) is 0 Å². The normalized spacial score (nSPS) is 16.9. The summed E-state index contributed by atoms with van der Waals surface area (Å²) in [7, 11) is 0. The van der Waals surface area contributed by atoms with E-state index in [0.29, 0.717) is 4.46 Å². The van der Waals surface area contributed by atoms with Crippen molar-refractivity contribution in [2.45, 2.75) is 23.1 Å². The van der Waals surface area contributed by atoms with Gasteiger partial charge in [-0.2, -0.15) is 0 Å². The molecule has 100 valence electrons. The second-order valence-electron chi connectivity index (χ2n) is 3.64. The molecule has 0 aromatic heterocycles. The van der Waals surface area contributed by atoms with Crippen LogP contribution in [0, 0.1) is 0 Å². The Labute approximate surface area is 110 Å². The fraction of sp³-hybridized carbons (Fsp3) is 0.333. The van der Waals surface area contributed by atoms with Gasteiger partial charge in [-0.3, -0.25) is 0 Å². The Kier molecular flexibility index (Phi) is 5.44. The molecule has 0 saturated heterocycles. The van der Waals surface area contributed by atoms with E-state index in [0.717, 1.165) is 6.08 Å². The summed E-state index contributed by atoms with van der Waals surface area (Å²) in [4.78, 5) is -3.47. The van der Waals surface area contributed by atoms with Gasteiger partial charge in [-0.25, -0.2) is 0 Å². The van der Waals surface area contributed by atoms with Crippen LogP contribution in [-0.4, -0.2) is 53.4 Å². The maximum atomic E-state index is 13.7. The molecule has 0 spiro atoms. The van der Waals surface area contributed by atoms with Crippen molar-refractivity contribution in [3.63, 3.8) is 0 Å². The summed E-state index contributed by atoms with van der Waals surface area (Å²) in [6, 6.07) is 7.99. The molecule has 3 atom stereocenters. The number of aliphatic hydroxyl groups is 3. The first-order valence-electron chi connectivity index (χ1n) is 5.17. The van der Waals surface area contributed by atoms with E-state index in [1.54, 1.807) is 18.2 Å². The molecule has 0 unspecified atom stereocenters. The van der Waals surface area contributed by atoms with Crippen molar-refractivity contribution in [3.8, 4) is 0 Å². The minimum absolute atomic E-state index is 0.398. The molecular formula is C12H14F2O3Se. The summed E-state index contributed by atoms with van der Waals surface area (Å²) in [6.45, 7) is 3.17. The van der Waals surface area contributed by atoms with Crippen molar-refractivity contribution in [2.75, 3.05) is 0 Å². The Morgan fingerprint density at radius 3 is 2.22 bits per heavy atom. The number of hydrogen-bond donors (Lipinski definition) is 3. The summed E-state index contributed by atoms with van der Waals surface area (Å²) in [6.07, 6.45) is -4.97. The molecule has 0 heterocycles. The van der Waals surface area contributed by atoms with Crippen LogP contribution in [0.15, 0.2) is 43.0 Å². The molecule has 0 saturated carbocycles. The zero-order chi connectivity index (χ0) is 13.8. The predicted octanol–water partition coefficient (Wildman–Crippen LogP) is -0.122. The van der Waals surface area contributed by atoms with Gasteiger partial charge in [-0.15, -0.1) is 0 Å². The van der Waals surface area contributed by atoms with Crippen molar-refractivity contribution in [3.05, 3.63) is 43.0 Å². The summed E-state index contributed by atoms with van der Waals surface area (Å²) >= 11 is -1.34. The molecular weight excluding hydrogens is 309 g/mol. The van der Waals surface area contributed by atoms with E-state index in [2.05, 4.69) is 6.58 Å². The minimum atomic E-state index is -3.47. The molecule has 0 aliphatic heterocycles. The van der Waals surface area contributed by atoms with E-state index < -0.39 is 38.1 Å². The third-order valence-corrected chi connectivity index (χ3v) is 4.40. The number of aliphatic hydroxyl groups excluding tert-OH is 3. The molecule has 1 rings (SSSR count). The van der Waals surface area contributed by atoms with Gasteiger partial charge in [0.25, 0.3) is 0 Å². The number of hydrogen-bond acceptors (Lipinski definition) is 3. The van der Waals surface area contributed by atoms with Gasteiger partial charge in [-0.05, 0) is 0 Å². The third-order valence-electron chi connectivity index (χ3n) is 2.26. The van der Waals surface area contributed by atoms with Gasteiger partial charge in [0.05, 0.1) is 0 Å². The zero-order valence-electron chi connectivity index (χ0n) is 9.41. The summed E-state index contributed by atoms with van der Waals surface area (Å²) in [5.74, 6) is 0. The molecule has 0 aliphatic rings. The van der Waals surface area contributed by atoms with Crippen LogP contribution >= 0.6 is 0 Å². The van der Waals surface area contributed by atoms with Crippen LogP contribution in [-0.2, 0) is 0 Å². The number of benzene rings is 1. The van der Waals surface area contributed by atoms with Crippen LogP contribution < -0.4 is 4.46 Å². The van der Waals surface area contributed by atoms with E-state index in [1.165, 1.54) is 12.1 Å². The average Bonchev–Trinajstić information content (AvgIpc) is 2.36. The van der Waals surface area contributed by atoms with Crippen LogP contribution in [0.3, 0.4) is 0 Å². The number of rotatable bonds is 6. The van der Waals surface area contributed by atoms with Gasteiger partial charge in [0.2, 0.25) is 0 Å². The molecule has 0 fully saturated rings. The molecule has 0 aliphatic carbocycles. The molecule has 0 bridgehead atoms. The molecule has 0 radical (unpaired) electrons. The van der Waals surface area contributed by atoms with Crippen LogP contribution in [0.1, 0.15) is 0 Å². The number of halogens is 2. The summed E-state index contributed by atoms with van der Waals surface area (Å²) in [5, 5.41) is 27.9. The monoisotopic (exact) mass is 324 g/mol. The number of alkyl halides is 2. The van der Waals surface area contributed by atoms with E-state index in [1.807, 2.05) is 0 Å². The molecule has 6 heteroatoms. The van der Waals surface area contributed by atoms with Crippen LogP contribution in [0.2, 0.25) is 0 Å². The van der Waals surface area contributed by atoms with Crippen LogP contribution in [0.4, 0.5) is 8.78 Å². The Morgan fingerprint density at radius 2 is 1.72 bits per heavy atom.